The van der Waals surface area contributed by atoms with Gasteiger partial charge in [0.1, 0.15) is 23.5 Å². The van der Waals surface area contributed by atoms with Gasteiger partial charge in [-0.1, -0.05) is 23.4 Å². The van der Waals surface area contributed by atoms with Crippen LogP contribution in [0.15, 0.2) is 53.4 Å². The number of hydrogen-bond donors (Lipinski definition) is 2. The molecular weight excluding hydrogens is 386 g/mol. The summed E-state index contributed by atoms with van der Waals surface area (Å²) < 4.78 is 34.2. The van der Waals surface area contributed by atoms with E-state index in [9.17, 15) is 13.6 Å². The monoisotopic (exact) mass is 398 g/mol. The van der Waals surface area contributed by atoms with E-state index in [0.717, 1.165) is 6.20 Å². The van der Waals surface area contributed by atoms with E-state index in [-0.39, 0.29) is 18.1 Å². The number of rotatable bonds is 5. The third kappa shape index (κ3) is 3.78. The van der Waals surface area contributed by atoms with Crippen LogP contribution in [0, 0.1) is 11.6 Å². The molecule has 0 saturated heterocycles. The van der Waals surface area contributed by atoms with Gasteiger partial charge in [0, 0.05) is 11.6 Å². The van der Waals surface area contributed by atoms with Crippen LogP contribution in [0.25, 0.3) is 22.9 Å². The fraction of sp³-hybridized carbons (Fsp3) is 0.0556. The molecule has 1 aromatic carbocycles. The summed E-state index contributed by atoms with van der Waals surface area (Å²) in [6.45, 7) is 0.0797. The maximum absolute atomic E-state index is 14.1. The number of amides is 1. The zero-order valence-corrected chi connectivity index (χ0v) is 14.6. The van der Waals surface area contributed by atoms with Gasteiger partial charge in [0.15, 0.2) is 17.5 Å². The lowest BCUT2D eigenvalue weighted by atomic mass is 10.2. The molecular formula is C18H12F2N6O3. The maximum Gasteiger partial charge on any atom is 0.410 e. The van der Waals surface area contributed by atoms with Gasteiger partial charge in [-0.3, -0.25) is 10.00 Å². The highest BCUT2D eigenvalue weighted by Gasteiger charge is 2.18. The third-order valence-corrected chi connectivity index (χ3v) is 3.96. The number of benzene rings is 1. The van der Waals surface area contributed by atoms with Crippen LogP contribution in [-0.2, 0) is 6.54 Å². The smallest absolute Gasteiger partial charge is 0.410 e. The third-order valence-electron chi connectivity index (χ3n) is 3.96. The summed E-state index contributed by atoms with van der Waals surface area (Å²) in [7, 11) is 0. The molecule has 0 aliphatic rings. The average Bonchev–Trinajstić information content (AvgIpc) is 3.35. The zero-order valence-electron chi connectivity index (χ0n) is 14.6. The minimum atomic E-state index is -1.47. The first kappa shape index (κ1) is 18.2. The van der Waals surface area contributed by atoms with Gasteiger partial charge in [-0.2, -0.15) is 5.10 Å². The minimum Gasteiger partial charge on any atom is -0.465 e. The number of carbonyl (C=O) groups is 1. The second kappa shape index (κ2) is 7.46. The van der Waals surface area contributed by atoms with Crippen molar-refractivity contribution < 1.29 is 23.2 Å². The van der Waals surface area contributed by atoms with Crippen LogP contribution >= 0.6 is 0 Å². The van der Waals surface area contributed by atoms with Crippen molar-refractivity contribution in [3.05, 3.63) is 66.1 Å². The van der Waals surface area contributed by atoms with E-state index in [2.05, 4.69) is 20.2 Å². The molecule has 0 fully saturated rings. The van der Waals surface area contributed by atoms with Crippen LogP contribution in [0.1, 0.15) is 5.56 Å². The Labute approximate surface area is 161 Å². The lowest BCUT2D eigenvalue weighted by Gasteiger charge is -2.06. The average molecular weight is 398 g/mol. The molecule has 3 heterocycles. The molecule has 0 saturated carbocycles. The molecule has 9 nitrogen and oxygen atoms in total. The second-order valence-corrected chi connectivity index (χ2v) is 5.87. The molecule has 146 valence electrons. The first-order valence-corrected chi connectivity index (χ1v) is 8.26. The van der Waals surface area contributed by atoms with Gasteiger partial charge in [0.25, 0.3) is 0 Å². The topological polar surface area (TPSA) is 119 Å². The fourth-order valence-electron chi connectivity index (χ4n) is 2.66. The molecule has 4 aromatic rings. The van der Waals surface area contributed by atoms with Crippen molar-refractivity contribution in [1.82, 2.24) is 24.9 Å². The van der Waals surface area contributed by atoms with Gasteiger partial charge in [0.05, 0.1) is 18.4 Å². The standard InChI is InChI=1S/C18H12F2N6O3/c19-11-4-2-1-3-10(11)9-26-15(13-5-6-29-25-13)7-14(24-26)17-21-8-12(20)16(22-17)23-18(27)28/h1-8H,9H2,(H,27,28)(H,21,22,23). The SMILES string of the molecule is O=C(O)Nc1nc(-c2cc(-c3ccon3)n(Cc3ccccc3F)n2)ncc1F. The van der Waals surface area contributed by atoms with E-state index in [1.165, 1.54) is 17.0 Å². The number of nitrogens with one attached hydrogen (secondary N) is 1. The molecule has 1 amide bonds. The van der Waals surface area contributed by atoms with Crippen LogP contribution in [-0.4, -0.2) is 36.1 Å². The van der Waals surface area contributed by atoms with E-state index in [4.69, 9.17) is 9.63 Å². The van der Waals surface area contributed by atoms with E-state index in [1.54, 1.807) is 30.3 Å². The quantitative estimate of drug-likeness (QED) is 0.529. The normalized spacial score (nSPS) is 10.8. The van der Waals surface area contributed by atoms with Gasteiger partial charge in [-0.25, -0.2) is 23.5 Å². The number of hydrogen-bond acceptors (Lipinski definition) is 6. The molecule has 0 bridgehead atoms. The first-order chi connectivity index (χ1) is 14.0. The van der Waals surface area contributed by atoms with Crippen LogP contribution in [0.3, 0.4) is 0 Å². The van der Waals surface area contributed by atoms with E-state index < -0.39 is 23.5 Å². The van der Waals surface area contributed by atoms with Gasteiger partial charge in [-0.05, 0) is 12.1 Å². The van der Waals surface area contributed by atoms with Gasteiger partial charge >= 0.3 is 6.09 Å². The first-order valence-electron chi connectivity index (χ1n) is 8.26. The maximum atomic E-state index is 14.1. The van der Waals surface area contributed by atoms with Gasteiger partial charge in [-0.15, -0.1) is 0 Å². The summed E-state index contributed by atoms with van der Waals surface area (Å²) in [5.74, 6) is -1.86. The van der Waals surface area contributed by atoms with Crippen LogP contribution < -0.4 is 5.32 Å². The second-order valence-electron chi connectivity index (χ2n) is 5.87. The molecule has 3 aromatic heterocycles. The Morgan fingerprint density at radius 1 is 1.17 bits per heavy atom. The van der Waals surface area contributed by atoms with Crippen molar-refractivity contribution in [3.8, 4) is 22.9 Å². The Hall–Kier alpha value is -4.15. The fourth-order valence-corrected chi connectivity index (χ4v) is 2.66. The summed E-state index contributed by atoms with van der Waals surface area (Å²) in [4.78, 5) is 18.5. The van der Waals surface area contributed by atoms with Crippen molar-refractivity contribution in [1.29, 1.82) is 0 Å². The van der Waals surface area contributed by atoms with Crippen LogP contribution in [0.2, 0.25) is 0 Å². The predicted octanol–water partition coefficient (Wildman–Crippen LogP) is 3.41. The minimum absolute atomic E-state index is 0.0211. The summed E-state index contributed by atoms with van der Waals surface area (Å²) in [5, 5.41) is 18.9. The number of anilines is 1. The molecule has 2 N–H and O–H groups in total. The highest BCUT2D eigenvalue weighted by atomic mass is 19.1. The van der Waals surface area contributed by atoms with Gasteiger partial charge < -0.3 is 9.63 Å². The molecule has 0 radical (unpaired) electrons. The van der Waals surface area contributed by atoms with Crippen molar-refractivity contribution in [2.24, 2.45) is 0 Å². The number of carboxylic acid groups (broad SMARTS) is 1. The van der Waals surface area contributed by atoms with Crippen molar-refractivity contribution in [2.45, 2.75) is 6.54 Å². The van der Waals surface area contributed by atoms with Crippen LogP contribution in [0.4, 0.5) is 19.4 Å². The Kier molecular flexibility index (Phi) is 4.69. The van der Waals surface area contributed by atoms with Crippen molar-refractivity contribution in [2.75, 3.05) is 5.32 Å². The Morgan fingerprint density at radius 3 is 2.72 bits per heavy atom. The Bertz CT molecular complexity index is 1180. The summed E-state index contributed by atoms with van der Waals surface area (Å²) in [5.41, 5.74) is 1.52. The molecule has 0 atom stereocenters. The molecule has 29 heavy (non-hydrogen) atoms. The zero-order chi connectivity index (χ0) is 20.4. The molecule has 0 spiro atoms. The van der Waals surface area contributed by atoms with Crippen molar-refractivity contribution >= 4 is 11.9 Å². The predicted molar refractivity (Wildman–Crippen MR) is 95.9 cm³/mol. The number of nitrogens with zero attached hydrogens (tertiary/aromatic N) is 5. The van der Waals surface area contributed by atoms with Crippen LogP contribution in [0.5, 0.6) is 0 Å². The Morgan fingerprint density at radius 2 is 2.00 bits per heavy atom. The van der Waals surface area contributed by atoms with Gasteiger partial charge in [0.2, 0.25) is 0 Å². The summed E-state index contributed by atoms with van der Waals surface area (Å²) in [6, 6.07) is 9.40. The highest BCUT2D eigenvalue weighted by molar-refractivity contribution is 5.81. The highest BCUT2D eigenvalue weighted by Crippen LogP contribution is 2.25. The van der Waals surface area contributed by atoms with E-state index in [1.807, 2.05) is 5.32 Å². The number of aromatic nitrogens is 5. The largest absolute Gasteiger partial charge is 0.465 e. The molecule has 4 rings (SSSR count). The summed E-state index contributed by atoms with van der Waals surface area (Å²) in [6.07, 6.45) is 0.736. The van der Waals surface area contributed by atoms with E-state index in [0.29, 0.717) is 17.0 Å². The summed E-state index contributed by atoms with van der Waals surface area (Å²) >= 11 is 0. The molecule has 0 aliphatic heterocycles. The van der Waals surface area contributed by atoms with Crippen molar-refractivity contribution in [3.63, 3.8) is 0 Å². The lowest BCUT2D eigenvalue weighted by Crippen LogP contribution is -2.11. The van der Waals surface area contributed by atoms with E-state index >= 15 is 0 Å². The molecule has 0 aliphatic carbocycles. The molecule has 0 unspecified atom stereocenters. The lowest BCUT2D eigenvalue weighted by molar-refractivity contribution is 0.209. The number of halogens is 2. The molecule has 11 heteroatoms. The Balaban J connectivity index is 1.78.